The van der Waals surface area contributed by atoms with Gasteiger partial charge in [0.2, 0.25) is 0 Å². The number of nitrogens with one attached hydrogen (secondary N) is 1. The first-order valence-electron chi connectivity index (χ1n) is 5.36. The minimum atomic E-state index is -0.277. The van der Waals surface area contributed by atoms with E-state index in [0.717, 1.165) is 0 Å². The molecule has 2 aromatic rings. The third-order valence-corrected chi connectivity index (χ3v) is 3.30. The van der Waals surface area contributed by atoms with E-state index in [9.17, 15) is 4.79 Å². The van der Waals surface area contributed by atoms with Crippen molar-refractivity contribution in [2.75, 3.05) is 12.4 Å². The predicted octanol–water partition coefficient (Wildman–Crippen LogP) is 3.76. The van der Waals surface area contributed by atoms with Crippen molar-refractivity contribution in [2.24, 2.45) is 0 Å². The first kappa shape index (κ1) is 13.8. The summed E-state index contributed by atoms with van der Waals surface area (Å²) < 4.78 is 5.77. The largest absolute Gasteiger partial charge is 0.497 e. The predicted molar refractivity (Wildman–Crippen MR) is 77.9 cm³/mol. The molecule has 4 nitrogen and oxygen atoms in total. The molecule has 0 atom stereocenters. The number of aromatic nitrogens is 1. The fourth-order valence-electron chi connectivity index (χ4n) is 1.44. The van der Waals surface area contributed by atoms with Crippen molar-refractivity contribution in [3.8, 4) is 5.75 Å². The Labute approximate surface area is 123 Å². The molecule has 98 valence electrons. The third-order valence-electron chi connectivity index (χ3n) is 2.39. The van der Waals surface area contributed by atoms with Crippen molar-refractivity contribution in [3.63, 3.8) is 0 Å². The number of hydrogen-bond donors (Lipinski definition) is 1. The van der Waals surface area contributed by atoms with Crippen molar-refractivity contribution in [1.29, 1.82) is 0 Å². The number of pyridine rings is 1. The van der Waals surface area contributed by atoms with Crippen LogP contribution in [0.25, 0.3) is 0 Å². The van der Waals surface area contributed by atoms with E-state index in [0.29, 0.717) is 26.6 Å². The summed E-state index contributed by atoms with van der Waals surface area (Å²) in [6, 6.07) is 8.46. The van der Waals surface area contributed by atoms with E-state index < -0.39 is 0 Å². The highest BCUT2D eigenvalue weighted by molar-refractivity contribution is 9.10. The fourth-order valence-corrected chi connectivity index (χ4v) is 1.98. The quantitative estimate of drug-likeness (QED) is 0.925. The van der Waals surface area contributed by atoms with Gasteiger partial charge in [-0.2, -0.15) is 0 Å². The molecular formula is C13H10BrClN2O2. The normalized spacial score (nSPS) is 10.1. The number of hydrogen-bond acceptors (Lipinski definition) is 3. The zero-order chi connectivity index (χ0) is 13.8. The van der Waals surface area contributed by atoms with Crippen LogP contribution in [0.5, 0.6) is 5.75 Å². The Bertz CT molecular complexity index is 602. The lowest BCUT2D eigenvalue weighted by Gasteiger charge is -2.08. The fraction of sp³-hybridized carbons (Fsp3) is 0.0769. The highest BCUT2D eigenvalue weighted by Gasteiger charge is 2.12. The van der Waals surface area contributed by atoms with Crippen molar-refractivity contribution >= 4 is 39.3 Å². The average Bonchev–Trinajstić information content (AvgIpc) is 2.42. The van der Waals surface area contributed by atoms with Crippen LogP contribution in [0.15, 0.2) is 41.0 Å². The molecule has 0 aliphatic carbocycles. The Kier molecular flexibility index (Phi) is 4.39. The molecule has 0 radical (unpaired) electrons. The minimum Gasteiger partial charge on any atom is -0.497 e. The molecule has 1 amide bonds. The van der Waals surface area contributed by atoms with E-state index in [2.05, 4.69) is 26.2 Å². The molecule has 0 unspecified atom stereocenters. The van der Waals surface area contributed by atoms with Gasteiger partial charge in [0.15, 0.2) is 0 Å². The lowest BCUT2D eigenvalue weighted by Crippen LogP contribution is -2.13. The van der Waals surface area contributed by atoms with E-state index in [-0.39, 0.29) is 5.91 Å². The molecule has 2 rings (SSSR count). The molecule has 6 heteroatoms. The molecule has 1 aromatic carbocycles. The van der Waals surface area contributed by atoms with Gasteiger partial charge in [-0.1, -0.05) is 11.6 Å². The summed E-state index contributed by atoms with van der Waals surface area (Å²) in [6.45, 7) is 0. The van der Waals surface area contributed by atoms with Gasteiger partial charge in [0.25, 0.3) is 5.91 Å². The molecule has 1 heterocycles. The molecule has 0 saturated carbocycles. The molecule has 0 saturated heterocycles. The first-order valence-corrected chi connectivity index (χ1v) is 6.53. The molecule has 1 aromatic heterocycles. The van der Waals surface area contributed by atoms with E-state index in [4.69, 9.17) is 16.3 Å². The lowest BCUT2D eigenvalue weighted by molar-refractivity contribution is 0.102. The van der Waals surface area contributed by atoms with Gasteiger partial charge in [0, 0.05) is 10.7 Å². The summed E-state index contributed by atoms with van der Waals surface area (Å²) in [5.41, 5.74) is 0.469. The maximum atomic E-state index is 12.1. The third kappa shape index (κ3) is 3.45. The van der Waals surface area contributed by atoms with Crippen LogP contribution in [0.1, 0.15) is 10.4 Å². The van der Waals surface area contributed by atoms with E-state index >= 15 is 0 Å². The highest BCUT2D eigenvalue weighted by Crippen LogP contribution is 2.23. The molecule has 19 heavy (non-hydrogen) atoms. The van der Waals surface area contributed by atoms with Gasteiger partial charge in [-0.15, -0.1) is 0 Å². The smallest absolute Gasteiger partial charge is 0.258 e. The number of methoxy groups -OCH3 is 1. The monoisotopic (exact) mass is 340 g/mol. The molecule has 1 N–H and O–H groups in total. The maximum absolute atomic E-state index is 12.1. The van der Waals surface area contributed by atoms with Gasteiger partial charge in [-0.3, -0.25) is 4.79 Å². The van der Waals surface area contributed by atoms with Crippen molar-refractivity contribution in [2.45, 2.75) is 0 Å². The number of carbonyl (C=O) groups is 1. The van der Waals surface area contributed by atoms with Gasteiger partial charge >= 0.3 is 0 Å². The zero-order valence-corrected chi connectivity index (χ0v) is 12.3. The summed E-state index contributed by atoms with van der Waals surface area (Å²) in [6.07, 6.45) is 1.47. The second-order valence-electron chi connectivity index (χ2n) is 3.66. The molecular weight excluding hydrogens is 332 g/mol. The number of halogens is 2. The SMILES string of the molecule is COc1ccc(Br)c(C(=O)Nc2ccc(Cl)cn2)c1. The van der Waals surface area contributed by atoms with Crippen LogP contribution in [-0.2, 0) is 0 Å². The molecule has 0 aliphatic heterocycles. The minimum absolute atomic E-state index is 0.277. The summed E-state index contributed by atoms with van der Waals surface area (Å²) in [7, 11) is 1.55. The summed E-state index contributed by atoms with van der Waals surface area (Å²) >= 11 is 9.06. The van der Waals surface area contributed by atoms with Gasteiger partial charge in [0.05, 0.1) is 17.7 Å². The van der Waals surface area contributed by atoms with E-state index in [1.807, 2.05) is 0 Å². The molecule has 0 bridgehead atoms. The summed E-state index contributed by atoms with van der Waals surface area (Å²) in [4.78, 5) is 16.1. The van der Waals surface area contributed by atoms with Gasteiger partial charge < -0.3 is 10.1 Å². The van der Waals surface area contributed by atoms with Crippen LogP contribution in [0.3, 0.4) is 0 Å². The number of amides is 1. The van der Waals surface area contributed by atoms with Crippen molar-refractivity contribution < 1.29 is 9.53 Å². The van der Waals surface area contributed by atoms with Crippen LogP contribution in [0.2, 0.25) is 5.02 Å². The highest BCUT2D eigenvalue weighted by atomic mass is 79.9. The number of rotatable bonds is 3. The van der Waals surface area contributed by atoms with Crippen LogP contribution < -0.4 is 10.1 Å². The first-order chi connectivity index (χ1) is 9.10. The number of carbonyl (C=O) groups excluding carboxylic acids is 1. The summed E-state index contributed by atoms with van der Waals surface area (Å²) in [5, 5.41) is 3.20. The number of benzene rings is 1. The number of ether oxygens (including phenoxy) is 1. The van der Waals surface area contributed by atoms with E-state index in [1.165, 1.54) is 6.20 Å². The zero-order valence-electron chi connectivity index (χ0n) is 9.98. The van der Waals surface area contributed by atoms with E-state index in [1.54, 1.807) is 37.4 Å². The van der Waals surface area contributed by atoms with Crippen LogP contribution in [-0.4, -0.2) is 18.0 Å². The Hall–Kier alpha value is -1.59. The summed E-state index contributed by atoms with van der Waals surface area (Å²) in [5.74, 6) is 0.766. The number of anilines is 1. The average molecular weight is 342 g/mol. The topological polar surface area (TPSA) is 51.2 Å². The van der Waals surface area contributed by atoms with Gasteiger partial charge in [-0.05, 0) is 46.3 Å². The Morgan fingerprint density at radius 1 is 1.37 bits per heavy atom. The Balaban J connectivity index is 2.22. The van der Waals surface area contributed by atoms with Crippen LogP contribution in [0.4, 0.5) is 5.82 Å². The Morgan fingerprint density at radius 2 is 2.16 bits per heavy atom. The molecule has 0 aliphatic rings. The van der Waals surface area contributed by atoms with Crippen LogP contribution in [0, 0.1) is 0 Å². The molecule has 0 spiro atoms. The maximum Gasteiger partial charge on any atom is 0.258 e. The Morgan fingerprint density at radius 3 is 2.79 bits per heavy atom. The number of nitrogens with zero attached hydrogens (tertiary/aromatic N) is 1. The lowest BCUT2D eigenvalue weighted by atomic mass is 10.2. The van der Waals surface area contributed by atoms with Crippen LogP contribution >= 0.6 is 27.5 Å². The standard InChI is InChI=1S/C13H10BrClN2O2/c1-19-9-3-4-11(14)10(6-9)13(18)17-12-5-2-8(15)7-16-12/h2-7H,1H3,(H,16,17,18). The van der Waals surface area contributed by atoms with Crippen molar-refractivity contribution in [3.05, 3.63) is 51.6 Å². The second kappa shape index (κ2) is 6.04. The van der Waals surface area contributed by atoms with Crippen molar-refractivity contribution in [1.82, 2.24) is 4.98 Å². The second-order valence-corrected chi connectivity index (χ2v) is 4.95. The molecule has 0 fully saturated rings. The van der Waals surface area contributed by atoms with Gasteiger partial charge in [-0.25, -0.2) is 4.98 Å². The van der Waals surface area contributed by atoms with Gasteiger partial charge in [0.1, 0.15) is 11.6 Å².